The highest BCUT2D eigenvalue weighted by Gasteiger charge is 2.16. The molecule has 1 aromatic heterocycles. The zero-order valence-corrected chi connectivity index (χ0v) is 13.8. The molecule has 0 atom stereocenters. The first-order chi connectivity index (χ1) is 10.6. The minimum absolute atomic E-state index is 0.105. The van der Waals surface area contributed by atoms with Crippen LogP contribution in [0.4, 0.5) is 0 Å². The first-order valence-electron chi connectivity index (χ1n) is 6.46. The summed E-state index contributed by atoms with van der Waals surface area (Å²) >= 11 is 3.36. The van der Waals surface area contributed by atoms with Gasteiger partial charge in [0.1, 0.15) is 4.90 Å². The van der Waals surface area contributed by atoms with Crippen molar-refractivity contribution in [1.29, 1.82) is 0 Å². The maximum absolute atomic E-state index is 12.5. The maximum Gasteiger partial charge on any atom is 0.284 e. The Morgan fingerprint density at radius 2 is 1.77 bits per heavy atom. The van der Waals surface area contributed by atoms with E-state index in [4.69, 9.17) is 0 Å². The third kappa shape index (κ3) is 2.93. The van der Waals surface area contributed by atoms with E-state index in [-0.39, 0.29) is 4.90 Å². The van der Waals surface area contributed by atoms with Gasteiger partial charge in [0.2, 0.25) is 0 Å². The molecule has 22 heavy (non-hydrogen) atoms. The number of sulfonamides is 1. The van der Waals surface area contributed by atoms with Gasteiger partial charge in [0, 0.05) is 27.8 Å². The van der Waals surface area contributed by atoms with Crippen LogP contribution in [0.2, 0.25) is 0 Å². The number of hydrogen-bond acceptors (Lipinski definition) is 3. The molecule has 4 nitrogen and oxygen atoms in total. The summed E-state index contributed by atoms with van der Waals surface area (Å²) in [6.07, 6.45) is 2.90. The van der Waals surface area contributed by atoms with Crippen LogP contribution in [0.5, 0.6) is 0 Å². The van der Waals surface area contributed by atoms with Crippen molar-refractivity contribution < 1.29 is 8.42 Å². The van der Waals surface area contributed by atoms with Crippen LogP contribution in [0.15, 0.2) is 74.6 Å². The summed E-state index contributed by atoms with van der Waals surface area (Å²) < 4.78 is 29.5. The van der Waals surface area contributed by atoms with Crippen LogP contribution in [-0.4, -0.2) is 19.6 Å². The van der Waals surface area contributed by atoms with E-state index in [2.05, 4.69) is 25.3 Å². The molecule has 0 saturated carbocycles. The number of para-hydroxylation sites is 1. The number of aromatic nitrogens is 1. The van der Waals surface area contributed by atoms with Gasteiger partial charge in [-0.15, -0.1) is 0 Å². The average molecular weight is 375 g/mol. The number of rotatable bonds is 3. The topological polar surface area (TPSA) is 59.4 Å². The van der Waals surface area contributed by atoms with Crippen LogP contribution < -0.4 is 0 Å². The second-order valence-electron chi connectivity index (χ2n) is 4.56. The fourth-order valence-electron chi connectivity index (χ4n) is 2.05. The van der Waals surface area contributed by atoms with Crippen molar-refractivity contribution >= 4 is 43.1 Å². The Morgan fingerprint density at radius 1 is 1.00 bits per heavy atom. The summed E-state index contributed by atoms with van der Waals surface area (Å²) in [4.78, 5) is 4.26. The number of pyridine rings is 1. The van der Waals surface area contributed by atoms with Crippen LogP contribution in [0.25, 0.3) is 10.9 Å². The van der Waals surface area contributed by atoms with Gasteiger partial charge in [0.15, 0.2) is 0 Å². The van der Waals surface area contributed by atoms with E-state index >= 15 is 0 Å². The lowest BCUT2D eigenvalue weighted by molar-refractivity contribution is 0.599. The molecule has 2 aromatic carbocycles. The molecule has 0 N–H and O–H groups in total. The number of fused-ring (bicyclic) bond motifs is 1. The van der Waals surface area contributed by atoms with Crippen molar-refractivity contribution in [1.82, 2.24) is 4.98 Å². The van der Waals surface area contributed by atoms with Gasteiger partial charge in [0.05, 0.1) is 5.52 Å². The molecule has 6 heteroatoms. The summed E-state index contributed by atoms with van der Waals surface area (Å²) in [5, 5.41) is 0.764. The Bertz CT molecular complexity index is 963. The molecule has 0 unspecified atom stereocenters. The molecule has 0 saturated heterocycles. The van der Waals surface area contributed by atoms with Crippen molar-refractivity contribution in [3.05, 3.63) is 70.8 Å². The summed E-state index contributed by atoms with van der Waals surface area (Å²) in [5.41, 5.74) is 1.12. The third-order valence-corrected chi connectivity index (χ3v) is 5.10. The predicted molar refractivity (Wildman–Crippen MR) is 90.7 cm³/mol. The van der Waals surface area contributed by atoms with Crippen LogP contribution >= 0.6 is 15.9 Å². The largest absolute Gasteiger partial charge is 0.284 e. The highest BCUT2D eigenvalue weighted by atomic mass is 79.9. The number of hydrogen-bond donors (Lipinski definition) is 0. The normalized spacial score (nSPS) is 12.0. The SMILES string of the molecule is O=S(=O)(/N=C/c1ccccc1Br)c1cccc2cccnc12. The quantitative estimate of drug-likeness (QED) is 0.655. The van der Waals surface area contributed by atoms with Gasteiger partial charge in [-0.1, -0.05) is 52.3 Å². The molecular weight excluding hydrogens is 364 g/mol. The van der Waals surface area contributed by atoms with Crippen molar-refractivity contribution in [3.8, 4) is 0 Å². The monoisotopic (exact) mass is 374 g/mol. The minimum Gasteiger partial charge on any atom is -0.255 e. The van der Waals surface area contributed by atoms with Crippen molar-refractivity contribution in [3.63, 3.8) is 0 Å². The Hall–Kier alpha value is -2.05. The van der Waals surface area contributed by atoms with Crippen molar-refractivity contribution in [2.45, 2.75) is 4.90 Å². The molecule has 3 aromatic rings. The molecule has 0 bridgehead atoms. The van der Waals surface area contributed by atoms with Gasteiger partial charge < -0.3 is 0 Å². The highest BCUT2D eigenvalue weighted by Crippen LogP contribution is 2.22. The summed E-state index contributed by atoms with van der Waals surface area (Å²) in [5.74, 6) is 0. The van der Waals surface area contributed by atoms with Crippen LogP contribution in [0, 0.1) is 0 Å². The summed E-state index contributed by atoms with van der Waals surface area (Å²) in [6, 6.07) is 15.9. The molecule has 0 aliphatic carbocycles. The first-order valence-corrected chi connectivity index (χ1v) is 8.70. The van der Waals surface area contributed by atoms with E-state index in [0.717, 1.165) is 9.86 Å². The van der Waals surface area contributed by atoms with Gasteiger partial charge in [0.25, 0.3) is 10.0 Å². The Morgan fingerprint density at radius 3 is 2.59 bits per heavy atom. The minimum atomic E-state index is -3.82. The molecule has 0 radical (unpaired) electrons. The maximum atomic E-state index is 12.5. The molecule has 3 rings (SSSR count). The third-order valence-electron chi connectivity index (χ3n) is 3.11. The second kappa shape index (κ2) is 5.98. The van der Waals surface area contributed by atoms with Crippen molar-refractivity contribution in [2.75, 3.05) is 0 Å². The number of halogens is 1. The highest BCUT2D eigenvalue weighted by molar-refractivity contribution is 9.10. The van der Waals surface area contributed by atoms with E-state index in [9.17, 15) is 8.42 Å². The van der Waals surface area contributed by atoms with E-state index < -0.39 is 10.0 Å². The molecular formula is C16H11BrN2O2S. The number of nitrogens with zero attached hydrogens (tertiary/aromatic N) is 2. The van der Waals surface area contributed by atoms with E-state index in [1.165, 1.54) is 12.3 Å². The zero-order chi connectivity index (χ0) is 15.6. The van der Waals surface area contributed by atoms with Gasteiger partial charge in [-0.3, -0.25) is 4.98 Å². The molecule has 0 aliphatic heterocycles. The Labute approximate surface area is 136 Å². The Kier molecular flexibility index (Phi) is 4.04. The lowest BCUT2D eigenvalue weighted by Gasteiger charge is -2.03. The van der Waals surface area contributed by atoms with Crippen LogP contribution in [0.1, 0.15) is 5.56 Å². The smallest absolute Gasteiger partial charge is 0.255 e. The first kappa shape index (κ1) is 14.9. The van der Waals surface area contributed by atoms with E-state index in [1.807, 2.05) is 30.3 Å². The van der Waals surface area contributed by atoms with Crippen LogP contribution in [0.3, 0.4) is 0 Å². The summed E-state index contributed by atoms with van der Waals surface area (Å²) in [6.45, 7) is 0. The number of benzene rings is 2. The average Bonchev–Trinajstić information content (AvgIpc) is 2.53. The van der Waals surface area contributed by atoms with Gasteiger partial charge in [-0.25, -0.2) is 0 Å². The van der Waals surface area contributed by atoms with Crippen LogP contribution in [-0.2, 0) is 10.0 Å². The van der Waals surface area contributed by atoms with Gasteiger partial charge >= 0.3 is 0 Å². The molecule has 1 heterocycles. The molecule has 0 fully saturated rings. The Balaban J connectivity index is 2.08. The molecule has 0 aliphatic rings. The fourth-order valence-corrected chi connectivity index (χ4v) is 3.47. The lowest BCUT2D eigenvalue weighted by Crippen LogP contribution is -2.00. The molecule has 0 spiro atoms. The lowest BCUT2D eigenvalue weighted by atomic mass is 10.2. The molecule has 110 valence electrons. The van der Waals surface area contributed by atoms with Gasteiger partial charge in [-0.2, -0.15) is 12.8 Å². The zero-order valence-electron chi connectivity index (χ0n) is 11.3. The second-order valence-corrected chi connectivity index (χ2v) is 7.02. The van der Waals surface area contributed by atoms with Crippen molar-refractivity contribution in [2.24, 2.45) is 4.40 Å². The summed E-state index contributed by atoms with van der Waals surface area (Å²) in [7, 11) is -3.82. The standard InChI is InChI=1S/C16H11BrN2O2S/c17-14-8-2-1-5-13(14)11-19-22(20,21)15-9-3-6-12-7-4-10-18-16(12)15/h1-11H/b19-11+. The van der Waals surface area contributed by atoms with E-state index in [0.29, 0.717) is 11.1 Å². The predicted octanol–water partition coefficient (Wildman–Crippen LogP) is 3.81. The molecule has 0 amide bonds. The fraction of sp³-hybridized carbons (Fsp3) is 0. The van der Waals surface area contributed by atoms with E-state index in [1.54, 1.807) is 24.4 Å². The van der Waals surface area contributed by atoms with Gasteiger partial charge in [-0.05, 0) is 18.2 Å².